The van der Waals surface area contributed by atoms with Gasteiger partial charge >= 0.3 is 0 Å². The van der Waals surface area contributed by atoms with Crippen molar-refractivity contribution < 1.29 is 14.3 Å². The van der Waals surface area contributed by atoms with Crippen molar-refractivity contribution in [2.24, 2.45) is 0 Å². The minimum atomic E-state index is -0.362. The molecule has 6 heteroatoms. The third-order valence-corrected chi connectivity index (χ3v) is 6.06. The van der Waals surface area contributed by atoms with Crippen molar-refractivity contribution in [3.63, 3.8) is 0 Å². The molecule has 0 saturated heterocycles. The van der Waals surface area contributed by atoms with E-state index < -0.39 is 0 Å². The van der Waals surface area contributed by atoms with Crippen LogP contribution in [-0.2, 0) is 13.0 Å². The van der Waals surface area contributed by atoms with Crippen molar-refractivity contribution in [2.45, 2.75) is 13.0 Å². The van der Waals surface area contributed by atoms with E-state index in [0.717, 1.165) is 29.0 Å². The summed E-state index contributed by atoms with van der Waals surface area (Å²) in [4.78, 5) is 31.5. The molecule has 1 N–H and O–H groups in total. The minimum Gasteiger partial charge on any atom is -0.496 e. The molecule has 174 valence electrons. The molecule has 0 radical (unpaired) electrons. The molecule has 1 aliphatic heterocycles. The second-order valence-electron chi connectivity index (χ2n) is 8.32. The van der Waals surface area contributed by atoms with E-state index >= 15 is 0 Å². The van der Waals surface area contributed by atoms with Gasteiger partial charge in [-0.3, -0.25) is 9.59 Å². The van der Waals surface area contributed by atoms with E-state index in [2.05, 4.69) is 34.6 Å². The molecule has 0 saturated carbocycles. The lowest BCUT2D eigenvalue weighted by Gasteiger charge is -2.15. The molecular weight excluding hydrogens is 438 g/mol. The Bertz CT molecular complexity index is 1350. The number of carbonyl (C=O) groups excluding carboxylic acids is 2. The second kappa shape index (κ2) is 9.91. The molecule has 0 bridgehead atoms. The number of hydrogen-bond acceptors (Lipinski definition) is 5. The van der Waals surface area contributed by atoms with Crippen LogP contribution in [0.1, 0.15) is 31.8 Å². The molecule has 2 amide bonds. The molecule has 35 heavy (non-hydrogen) atoms. The SMILES string of the molecule is COc1cc(CNCCc2ccccc2)ccc1-c1cccc(N2C(=O)c3ccccc3C2=O)n1. The van der Waals surface area contributed by atoms with Crippen LogP contribution in [0.3, 0.4) is 0 Å². The van der Waals surface area contributed by atoms with E-state index in [0.29, 0.717) is 34.9 Å². The summed E-state index contributed by atoms with van der Waals surface area (Å²) in [6, 6.07) is 28.5. The summed E-state index contributed by atoms with van der Waals surface area (Å²) in [6.45, 7) is 1.59. The number of nitrogens with one attached hydrogen (secondary N) is 1. The average Bonchev–Trinajstić information content (AvgIpc) is 3.17. The van der Waals surface area contributed by atoms with E-state index in [1.54, 1.807) is 43.5 Å². The molecule has 0 fully saturated rings. The summed E-state index contributed by atoms with van der Waals surface area (Å²) in [6.07, 6.45) is 0.963. The first-order valence-electron chi connectivity index (χ1n) is 11.5. The van der Waals surface area contributed by atoms with Crippen molar-refractivity contribution >= 4 is 17.6 Å². The number of fused-ring (bicyclic) bond motifs is 1. The Hall–Kier alpha value is -4.29. The van der Waals surface area contributed by atoms with Gasteiger partial charge in [0, 0.05) is 12.1 Å². The van der Waals surface area contributed by atoms with Crippen LogP contribution >= 0.6 is 0 Å². The van der Waals surface area contributed by atoms with Crippen molar-refractivity contribution in [3.8, 4) is 17.0 Å². The number of amides is 2. The maximum atomic E-state index is 12.9. The minimum absolute atomic E-state index is 0.294. The van der Waals surface area contributed by atoms with Crippen molar-refractivity contribution in [3.05, 3.63) is 113 Å². The summed E-state index contributed by atoms with van der Waals surface area (Å²) < 4.78 is 5.66. The first kappa shape index (κ1) is 22.5. The lowest BCUT2D eigenvalue weighted by Crippen LogP contribution is -2.30. The van der Waals surface area contributed by atoms with Gasteiger partial charge in [0.05, 0.1) is 23.9 Å². The van der Waals surface area contributed by atoms with Crippen LogP contribution in [0.25, 0.3) is 11.3 Å². The normalized spacial score (nSPS) is 12.7. The highest BCUT2D eigenvalue weighted by atomic mass is 16.5. The number of carbonyl (C=O) groups is 2. The molecule has 0 atom stereocenters. The Morgan fingerprint density at radius 3 is 2.20 bits per heavy atom. The highest BCUT2D eigenvalue weighted by Crippen LogP contribution is 2.33. The monoisotopic (exact) mass is 463 g/mol. The number of rotatable bonds is 8. The Morgan fingerprint density at radius 2 is 1.49 bits per heavy atom. The molecule has 6 nitrogen and oxygen atoms in total. The number of pyridine rings is 1. The van der Waals surface area contributed by atoms with Crippen LogP contribution in [0, 0.1) is 0 Å². The van der Waals surface area contributed by atoms with Gasteiger partial charge in [-0.2, -0.15) is 0 Å². The smallest absolute Gasteiger partial charge is 0.267 e. The van der Waals surface area contributed by atoms with Gasteiger partial charge in [-0.15, -0.1) is 0 Å². The Labute approximate surface area is 204 Å². The van der Waals surface area contributed by atoms with Crippen LogP contribution in [0.5, 0.6) is 5.75 Å². The molecule has 0 aliphatic carbocycles. The van der Waals surface area contributed by atoms with E-state index in [1.807, 2.05) is 30.3 Å². The summed E-state index contributed by atoms with van der Waals surface area (Å²) >= 11 is 0. The number of nitrogens with zero attached hydrogens (tertiary/aromatic N) is 2. The van der Waals surface area contributed by atoms with Crippen LogP contribution in [-0.4, -0.2) is 30.5 Å². The fourth-order valence-corrected chi connectivity index (χ4v) is 4.26. The number of ether oxygens (including phenoxy) is 1. The summed E-state index contributed by atoms with van der Waals surface area (Å²) in [7, 11) is 1.62. The number of hydrogen-bond donors (Lipinski definition) is 1. The van der Waals surface area contributed by atoms with Crippen LogP contribution in [0.4, 0.5) is 5.82 Å². The molecule has 3 aromatic carbocycles. The van der Waals surface area contributed by atoms with Gasteiger partial charge in [-0.25, -0.2) is 9.88 Å². The first-order valence-corrected chi connectivity index (χ1v) is 11.5. The predicted molar refractivity (Wildman–Crippen MR) is 136 cm³/mol. The third-order valence-electron chi connectivity index (χ3n) is 6.06. The Kier molecular flexibility index (Phi) is 6.37. The van der Waals surface area contributed by atoms with Gasteiger partial charge in [-0.05, 0) is 60.5 Å². The highest BCUT2D eigenvalue weighted by Gasteiger charge is 2.37. The quantitative estimate of drug-likeness (QED) is 0.298. The standard InChI is InChI=1S/C29H25N3O3/c1-35-26-18-21(19-30-17-16-20-8-3-2-4-9-20)14-15-24(26)25-12-7-13-27(31-25)32-28(33)22-10-5-6-11-23(22)29(32)34/h2-15,18,30H,16-17,19H2,1H3. The van der Waals surface area contributed by atoms with Crippen LogP contribution in [0.15, 0.2) is 91.0 Å². The number of aromatic nitrogens is 1. The van der Waals surface area contributed by atoms with E-state index in [-0.39, 0.29) is 11.8 Å². The van der Waals surface area contributed by atoms with Gasteiger partial charge < -0.3 is 10.1 Å². The number of benzene rings is 3. The maximum Gasteiger partial charge on any atom is 0.267 e. The molecule has 4 aromatic rings. The summed E-state index contributed by atoms with van der Waals surface area (Å²) in [5.74, 6) is 0.250. The van der Waals surface area contributed by atoms with E-state index in [1.165, 1.54) is 5.56 Å². The zero-order chi connectivity index (χ0) is 24.2. The molecule has 2 heterocycles. The molecule has 5 rings (SSSR count). The first-order chi connectivity index (χ1) is 17.2. The summed E-state index contributed by atoms with van der Waals surface area (Å²) in [5, 5.41) is 3.47. The molecule has 0 spiro atoms. The molecule has 0 unspecified atom stereocenters. The van der Waals surface area contributed by atoms with Gasteiger partial charge in [0.2, 0.25) is 0 Å². The lowest BCUT2D eigenvalue weighted by molar-refractivity contribution is 0.0925. The largest absolute Gasteiger partial charge is 0.496 e. The zero-order valence-electron chi connectivity index (χ0n) is 19.4. The predicted octanol–water partition coefficient (Wildman–Crippen LogP) is 4.89. The zero-order valence-corrected chi connectivity index (χ0v) is 19.4. The third kappa shape index (κ3) is 4.56. The van der Waals surface area contributed by atoms with Gasteiger partial charge in [0.25, 0.3) is 11.8 Å². The average molecular weight is 464 g/mol. The van der Waals surface area contributed by atoms with Crippen LogP contribution in [0.2, 0.25) is 0 Å². The summed E-state index contributed by atoms with van der Waals surface area (Å²) in [5.41, 5.74) is 4.60. The topological polar surface area (TPSA) is 71.5 Å². The fourth-order valence-electron chi connectivity index (χ4n) is 4.26. The molecular formula is C29H25N3O3. The van der Waals surface area contributed by atoms with Crippen molar-refractivity contribution in [1.29, 1.82) is 0 Å². The Morgan fingerprint density at radius 1 is 0.771 bits per heavy atom. The maximum absolute atomic E-state index is 12.9. The van der Waals surface area contributed by atoms with E-state index in [9.17, 15) is 9.59 Å². The highest BCUT2D eigenvalue weighted by molar-refractivity contribution is 6.34. The Balaban J connectivity index is 1.33. The van der Waals surface area contributed by atoms with Crippen LogP contribution < -0.4 is 15.0 Å². The molecule has 1 aliphatic rings. The van der Waals surface area contributed by atoms with Crippen molar-refractivity contribution in [1.82, 2.24) is 10.3 Å². The number of methoxy groups -OCH3 is 1. The van der Waals surface area contributed by atoms with Gasteiger partial charge in [-0.1, -0.05) is 54.6 Å². The number of anilines is 1. The second-order valence-corrected chi connectivity index (χ2v) is 8.32. The van der Waals surface area contributed by atoms with Gasteiger partial charge in [0.15, 0.2) is 0 Å². The lowest BCUT2D eigenvalue weighted by atomic mass is 10.1. The fraction of sp³-hybridized carbons (Fsp3) is 0.138. The van der Waals surface area contributed by atoms with Gasteiger partial charge in [0.1, 0.15) is 11.6 Å². The van der Waals surface area contributed by atoms with Crippen molar-refractivity contribution in [2.75, 3.05) is 18.6 Å². The van der Waals surface area contributed by atoms with E-state index in [4.69, 9.17) is 4.74 Å². The molecule has 1 aromatic heterocycles. The number of imide groups is 1.